The van der Waals surface area contributed by atoms with E-state index in [0.29, 0.717) is 0 Å². The van der Waals surface area contributed by atoms with Crippen LogP contribution in [0.25, 0.3) is 0 Å². The number of rotatable bonds is 22. The standard InChI is InChI=1S/C24H50O2S/c1-5-7-9-11-13-15-17-19-21-25-23(3)27-24(4)26-22-20-18-16-14-12-10-8-6-2/h23-24H,5-22H2,1-4H3. The van der Waals surface area contributed by atoms with Crippen LogP contribution >= 0.6 is 11.8 Å². The third-order valence-corrected chi connectivity index (χ3v) is 6.12. The molecule has 0 bridgehead atoms. The van der Waals surface area contributed by atoms with Crippen LogP contribution < -0.4 is 0 Å². The van der Waals surface area contributed by atoms with Crippen LogP contribution in [0.4, 0.5) is 0 Å². The minimum atomic E-state index is 0.239. The molecule has 0 aliphatic rings. The highest BCUT2D eigenvalue weighted by Crippen LogP contribution is 2.20. The van der Waals surface area contributed by atoms with E-state index < -0.39 is 0 Å². The Morgan fingerprint density at radius 2 is 0.778 bits per heavy atom. The number of hydrogen-bond donors (Lipinski definition) is 0. The summed E-state index contributed by atoms with van der Waals surface area (Å²) in [4.78, 5) is 0. The Morgan fingerprint density at radius 3 is 1.11 bits per heavy atom. The summed E-state index contributed by atoms with van der Waals surface area (Å²) in [5, 5.41) is 0. The second-order valence-electron chi connectivity index (χ2n) is 7.96. The zero-order valence-electron chi connectivity index (χ0n) is 19.1. The fourth-order valence-electron chi connectivity index (χ4n) is 3.32. The number of thioether (sulfide) groups is 1. The van der Waals surface area contributed by atoms with Crippen molar-refractivity contribution in [1.29, 1.82) is 0 Å². The molecule has 0 fully saturated rings. The second-order valence-corrected chi connectivity index (χ2v) is 9.56. The molecule has 0 saturated carbocycles. The summed E-state index contributed by atoms with van der Waals surface area (Å²) in [6, 6.07) is 0. The zero-order valence-corrected chi connectivity index (χ0v) is 19.9. The first-order chi connectivity index (χ1) is 13.2. The van der Waals surface area contributed by atoms with Crippen LogP contribution in [-0.2, 0) is 9.47 Å². The fraction of sp³-hybridized carbons (Fsp3) is 1.00. The SMILES string of the molecule is CCCCCCCCCCOC(C)SC(C)OCCCCCCCCCC. The van der Waals surface area contributed by atoms with Gasteiger partial charge in [0, 0.05) is 13.2 Å². The van der Waals surface area contributed by atoms with Gasteiger partial charge in [0.25, 0.3) is 0 Å². The smallest absolute Gasteiger partial charge is 0.102 e. The normalized spacial score (nSPS) is 13.8. The highest BCUT2D eigenvalue weighted by atomic mass is 32.2. The maximum absolute atomic E-state index is 5.93. The highest BCUT2D eigenvalue weighted by molar-refractivity contribution is 8.00. The van der Waals surface area contributed by atoms with Crippen LogP contribution in [0.2, 0.25) is 0 Å². The summed E-state index contributed by atoms with van der Waals surface area (Å²) in [5.74, 6) is 0. The molecule has 0 aromatic heterocycles. The lowest BCUT2D eigenvalue weighted by molar-refractivity contribution is 0.101. The van der Waals surface area contributed by atoms with E-state index in [2.05, 4.69) is 27.7 Å². The predicted molar refractivity (Wildman–Crippen MR) is 124 cm³/mol. The molecule has 0 spiro atoms. The second kappa shape index (κ2) is 22.6. The summed E-state index contributed by atoms with van der Waals surface area (Å²) in [6.07, 6.45) is 21.7. The van der Waals surface area contributed by atoms with E-state index in [-0.39, 0.29) is 10.9 Å². The molecule has 0 aromatic rings. The minimum absolute atomic E-state index is 0.239. The third kappa shape index (κ3) is 22.4. The van der Waals surface area contributed by atoms with E-state index >= 15 is 0 Å². The van der Waals surface area contributed by atoms with Gasteiger partial charge in [0.2, 0.25) is 0 Å². The Labute approximate surface area is 175 Å². The van der Waals surface area contributed by atoms with Crippen molar-refractivity contribution >= 4 is 11.8 Å². The number of hydrogen-bond acceptors (Lipinski definition) is 3. The topological polar surface area (TPSA) is 18.5 Å². The zero-order chi connectivity index (χ0) is 20.0. The quantitative estimate of drug-likeness (QED) is 0.133. The van der Waals surface area contributed by atoms with E-state index in [0.717, 1.165) is 13.2 Å². The molecule has 2 atom stereocenters. The van der Waals surface area contributed by atoms with Crippen molar-refractivity contribution in [2.45, 2.75) is 141 Å². The van der Waals surface area contributed by atoms with Gasteiger partial charge in [-0.3, -0.25) is 0 Å². The highest BCUT2D eigenvalue weighted by Gasteiger charge is 2.09. The first kappa shape index (κ1) is 27.3. The molecule has 0 aliphatic heterocycles. The first-order valence-electron chi connectivity index (χ1n) is 12.1. The van der Waals surface area contributed by atoms with E-state index in [1.54, 1.807) is 0 Å². The molecule has 0 N–H and O–H groups in total. The lowest BCUT2D eigenvalue weighted by Crippen LogP contribution is -2.13. The van der Waals surface area contributed by atoms with E-state index in [4.69, 9.17) is 9.47 Å². The van der Waals surface area contributed by atoms with Gasteiger partial charge < -0.3 is 9.47 Å². The summed E-state index contributed by atoms with van der Waals surface area (Å²) in [7, 11) is 0. The number of unbranched alkanes of at least 4 members (excludes halogenated alkanes) is 14. The largest absolute Gasteiger partial charge is 0.368 e. The molecule has 0 amide bonds. The van der Waals surface area contributed by atoms with Gasteiger partial charge in [-0.2, -0.15) is 0 Å². The van der Waals surface area contributed by atoms with Crippen LogP contribution in [0.1, 0.15) is 130 Å². The Bertz CT molecular complexity index is 247. The molecule has 0 aliphatic carbocycles. The van der Waals surface area contributed by atoms with Crippen LogP contribution in [0.5, 0.6) is 0 Å². The maximum atomic E-state index is 5.93. The lowest BCUT2D eigenvalue weighted by atomic mass is 10.1. The maximum Gasteiger partial charge on any atom is 0.102 e. The van der Waals surface area contributed by atoms with Crippen LogP contribution in [-0.4, -0.2) is 24.1 Å². The summed E-state index contributed by atoms with van der Waals surface area (Å²) >= 11 is 1.81. The molecular weight excluding hydrogens is 352 g/mol. The molecule has 0 radical (unpaired) electrons. The molecule has 0 saturated heterocycles. The Morgan fingerprint density at radius 1 is 0.481 bits per heavy atom. The van der Waals surface area contributed by atoms with Crippen molar-refractivity contribution in [1.82, 2.24) is 0 Å². The molecule has 164 valence electrons. The van der Waals surface area contributed by atoms with E-state index in [9.17, 15) is 0 Å². The Balaban J connectivity index is 3.30. The van der Waals surface area contributed by atoms with E-state index in [1.165, 1.54) is 103 Å². The average molecular weight is 403 g/mol. The average Bonchev–Trinajstić information content (AvgIpc) is 2.65. The Hall–Kier alpha value is 0.270. The molecule has 2 nitrogen and oxygen atoms in total. The minimum Gasteiger partial charge on any atom is -0.368 e. The van der Waals surface area contributed by atoms with Gasteiger partial charge >= 0.3 is 0 Å². The van der Waals surface area contributed by atoms with Gasteiger partial charge in [0.15, 0.2) is 0 Å². The predicted octanol–water partition coefficient (Wildman–Crippen LogP) is 8.73. The van der Waals surface area contributed by atoms with Gasteiger partial charge in [-0.05, 0) is 26.7 Å². The van der Waals surface area contributed by atoms with Gasteiger partial charge in [-0.1, -0.05) is 116 Å². The fourth-order valence-corrected chi connectivity index (χ4v) is 4.21. The number of ether oxygens (including phenoxy) is 2. The van der Waals surface area contributed by atoms with Crippen molar-refractivity contribution < 1.29 is 9.47 Å². The molecule has 0 aromatic carbocycles. The molecular formula is C24H50O2S. The third-order valence-electron chi connectivity index (χ3n) is 5.08. The molecule has 3 heteroatoms. The molecule has 0 rings (SSSR count). The van der Waals surface area contributed by atoms with Crippen molar-refractivity contribution in [3.63, 3.8) is 0 Å². The molecule has 2 unspecified atom stereocenters. The van der Waals surface area contributed by atoms with Crippen molar-refractivity contribution in [2.75, 3.05) is 13.2 Å². The molecule has 0 heterocycles. The van der Waals surface area contributed by atoms with Gasteiger partial charge in [0.05, 0.1) is 0 Å². The van der Waals surface area contributed by atoms with Gasteiger partial charge in [-0.25, -0.2) is 0 Å². The summed E-state index contributed by atoms with van der Waals surface area (Å²) < 4.78 is 11.9. The van der Waals surface area contributed by atoms with Gasteiger partial charge in [-0.15, -0.1) is 0 Å². The van der Waals surface area contributed by atoms with Crippen molar-refractivity contribution in [3.05, 3.63) is 0 Å². The van der Waals surface area contributed by atoms with Crippen LogP contribution in [0.15, 0.2) is 0 Å². The van der Waals surface area contributed by atoms with Gasteiger partial charge in [0.1, 0.15) is 10.9 Å². The lowest BCUT2D eigenvalue weighted by Gasteiger charge is -2.18. The van der Waals surface area contributed by atoms with E-state index in [1.807, 2.05) is 11.8 Å². The summed E-state index contributed by atoms with van der Waals surface area (Å²) in [5.41, 5.74) is 0.478. The van der Waals surface area contributed by atoms with Crippen LogP contribution in [0, 0.1) is 0 Å². The molecule has 27 heavy (non-hydrogen) atoms. The summed E-state index contributed by atoms with van der Waals surface area (Å²) in [6.45, 7) is 10.7. The monoisotopic (exact) mass is 402 g/mol. The van der Waals surface area contributed by atoms with Crippen molar-refractivity contribution in [3.8, 4) is 0 Å². The Kier molecular flexibility index (Phi) is 22.8. The van der Waals surface area contributed by atoms with Crippen LogP contribution in [0.3, 0.4) is 0 Å². The van der Waals surface area contributed by atoms with Crippen molar-refractivity contribution in [2.24, 2.45) is 0 Å². The first-order valence-corrected chi connectivity index (χ1v) is 13.0.